The van der Waals surface area contributed by atoms with Crippen molar-refractivity contribution < 1.29 is 8.42 Å². The van der Waals surface area contributed by atoms with Crippen molar-refractivity contribution in [3.05, 3.63) is 83.9 Å². The third kappa shape index (κ3) is 5.43. The first-order valence-corrected chi connectivity index (χ1v) is 10.2. The third-order valence-corrected chi connectivity index (χ3v) is 5.40. The van der Waals surface area contributed by atoms with Crippen molar-refractivity contribution in [3.8, 4) is 0 Å². The minimum Gasteiger partial charge on any atom is -0.332 e. The number of anilines is 3. The molecule has 138 valence electrons. The van der Waals surface area contributed by atoms with E-state index >= 15 is 0 Å². The fourth-order valence-corrected chi connectivity index (χ4v) is 3.68. The van der Waals surface area contributed by atoms with Crippen LogP contribution in [0.15, 0.2) is 83.8 Å². The van der Waals surface area contributed by atoms with Crippen molar-refractivity contribution in [1.29, 1.82) is 0 Å². The van der Waals surface area contributed by atoms with Crippen molar-refractivity contribution in [2.24, 2.45) is 0 Å². The smallest absolute Gasteiger partial charge is 0.261 e. The second-order valence-electron chi connectivity index (χ2n) is 5.58. The molecular formula is C19H16ClN3O2S2. The minimum atomic E-state index is -3.69. The molecule has 0 aliphatic heterocycles. The van der Waals surface area contributed by atoms with Gasteiger partial charge in [-0.05, 0) is 72.9 Å². The van der Waals surface area contributed by atoms with E-state index in [9.17, 15) is 8.42 Å². The van der Waals surface area contributed by atoms with E-state index in [1.807, 2.05) is 30.3 Å². The number of halogens is 1. The molecule has 0 saturated carbocycles. The Labute approximate surface area is 168 Å². The molecule has 0 fully saturated rings. The molecule has 0 atom stereocenters. The van der Waals surface area contributed by atoms with Gasteiger partial charge >= 0.3 is 0 Å². The van der Waals surface area contributed by atoms with Gasteiger partial charge in [-0.3, -0.25) is 4.72 Å². The molecule has 0 aromatic heterocycles. The summed E-state index contributed by atoms with van der Waals surface area (Å²) in [5.74, 6) is 0. The van der Waals surface area contributed by atoms with Gasteiger partial charge in [-0.1, -0.05) is 29.8 Å². The molecule has 3 rings (SSSR count). The van der Waals surface area contributed by atoms with Crippen LogP contribution < -0.4 is 15.4 Å². The topological polar surface area (TPSA) is 70.2 Å². The first-order chi connectivity index (χ1) is 12.9. The molecule has 0 heterocycles. The number of thiocarbonyl (C=S) groups is 1. The summed E-state index contributed by atoms with van der Waals surface area (Å²) in [5, 5.41) is 7.02. The summed E-state index contributed by atoms with van der Waals surface area (Å²) in [6, 6.07) is 22.3. The van der Waals surface area contributed by atoms with Crippen LogP contribution in [0.3, 0.4) is 0 Å². The van der Waals surface area contributed by atoms with E-state index in [0.29, 0.717) is 21.5 Å². The second-order valence-corrected chi connectivity index (χ2v) is 8.11. The first-order valence-electron chi connectivity index (χ1n) is 7.94. The maximum absolute atomic E-state index is 12.5. The molecule has 3 aromatic rings. The highest BCUT2D eigenvalue weighted by molar-refractivity contribution is 7.92. The molecule has 5 nitrogen and oxygen atoms in total. The fourth-order valence-electron chi connectivity index (χ4n) is 2.26. The second kappa shape index (κ2) is 8.39. The average molecular weight is 418 g/mol. The van der Waals surface area contributed by atoms with Gasteiger partial charge in [0.15, 0.2) is 5.11 Å². The van der Waals surface area contributed by atoms with Gasteiger partial charge < -0.3 is 10.6 Å². The van der Waals surface area contributed by atoms with E-state index in [1.165, 1.54) is 12.1 Å². The summed E-state index contributed by atoms with van der Waals surface area (Å²) in [7, 11) is -3.69. The Morgan fingerprint density at radius 2 is 1.26 bits per heavy atom. The number of benzene rings is 3. The zero-order valence-corrected chi connectivity index (χ0v) is 16.4. The molecular weight excluding hydrogens is 402 g/mol. The molecule has 27 heavy (non-hydrogen) atoms. The summed E-state index contributed by atoms with van der Waals surface area (Å²) in [4.78, 5) is 0.143. The molecule has 0 radical (unpaired) electrons. The lowest BCUT2D eigenvalue weighted by molar-refractivity contribution is 0.601. The summed E-state index contributed by atoms with van der Waals surface area (Å²) in [6.07, 6.45) is 0. The van der Waals surface area contributed by atoms with Crippen LogP contribution in [-0.4, -0.2) is 13.5 Å². The van der Waals surface area contributed by atoms with Crippen LogP contribution in [0, 0.1) is 0 Å². The van der Waals surface area contributed by atoms with E-state index in [4.69, 9.17) is 23.8 Å². The Morgan fingerprint density at radius 3 is 1.85 bits per heavy atom. The Morgan fingerprint density at radius 1 is 0.741 bits per heavy atom. The Hall–Kier alpha value is -2.61. The number of hydrogen-bond acceptors (Lipinski definition) is 3. The number of hydrogen-bond donors (Lipinski definition) is 3. The Bertz CT molecular complexity index is 1020. The number of sulfonamides is 1. The molecule has 3 N–H and O–H groups in total. The zero-order chi connectivity index (χ0) is 19.3. The van der Waals surface area contributed by atoms with E-state index in [2.05, 4.69) is 15.4 Å². The van der Waals surface area contributed by atoms with Gasteiger partial charge in [0.25, 0.3) is 10.0 Å². The highest BCUT2D eigenvalue weighted by Crippen LogP contribution is 2.20. The number of nitrogens with one attached hydrogen (secondary N) is 3. The van der Waals surface area contributed by atoms with Crippen molar-refractivity contribution in [1.82, 2.24) is 0 Å². The highest BCUT2D eigenvalue weighted by Gasteiger charge is 2.14. The molecule has 0 amide bonds. The van der Waals surface area contributed by atoms with Gasteiger partial charge in [-0.15, -0.1) is 0 Å². The molecule has 0 aliphatic carbocycles. The van der Waals surface area contributed by atoms with E-state index < -0.39 is 10.0 Å². The van der Waals surface area contributed by atoms with Crippen LogP contribution >= 0.6 is 23.8 Å². The van der Waals surface area contributed by atoms with Gasteiger partial charge in [-0.2, -0.15) is 0 Å². The average Bonchev–Trinajstić information content (AvgIpc) is 2.65. The van der Waals surface area contributed by atoms with Crippen molar-refractivity contribution >= 4 is 56.0 Å². The van der Waals surface area contributed by atoms with Crippen LogP contribution in [0.4, 0.5) is 17.1 Å². The van der Waals surface area contributed by atoms with E-state index in [1.54, 1.807) is 36.4 Å². The maximum Gasteiger partial charge on any atom is 0.261 e. The predicted octanol–water partition coefficient (Wildman–Crippen LogP) is 4.95. The summed E-state index contributed by atoms with van der Waals surface area (Å²) in [6.45, 7) is 0. The van der Waals surface area contributed by atoms with Crippen LogP contribution in [-0.2, 0) is 10.0 Å². The van der Waals surface area contributed by atoms with Crippen molar-refractivity contribution in [2.45, 2.75) is 4.90 Å². The van der Waals surface area contributed by atoms with Gasteiger partial charge in [0.2, 0.25) is 0 Å². The zero-order valence-electron chi connectivity index (χ0n) is 14.0. The van der Waals surface area contributed by atoms with E-state index in [0.717, 1.165) is 5.69 Å². The number of rotatable bonds is 5. The molecule has 0 aliphatic rings. The lowest BCUT2D eigenvalue weighted by Crippen LogP contribution is -2.19. The largest absolute Gasteiger partial charge is 0.332 e. The fraction of sp³-hybridized carbons (Fsp3) is 0. The summed E-state index contributed by atoms with van der Waals surface area (Å²) >= 11 is 11.1. The Kier molecular flexibility index (Phi) is 5.95. The molecule has 0 saturated heterocycles. The molecule has 0 spiro atoms. The quantitative estimate of drug-likeness (QED) is 0.512. The SMILES string of the molecule is O=S(=O)(Nc1ccc(Cl)cc1)c1ccc(NC(=S)Nc2ccccc2)cc1. The monoisotopic (exact) mass is 417 g/mol. The highest BCUT2D eigenvalue weighted by atomic mass is 35.5. The molecule has 3 aromatic carbocycles. The van der Waals surface area contributed by atoms with Crippen LogP contribution in [0.2, 0.25) is 5.02 Å². The van der Waals surface area contributed by atoms with Gasteiger partial charge in [-0.25, -0.2) is 8.42 Å². The standard InChI is InChI=1S/C19H16ClN3O2S2/c20-14-6-8-17(9-7-14)23-27(24,25)18-12-10-16(11-13-18)22-19(26)21-15-4-2-1-3-5-15/h1-13,23H,(H2,21,22,26). The van der Waals surface area contributed by atoms with Gasteiger partial charge in [0.05, 0.1) is 4.90 Å². The molecule has 0 bridgehead atoms. The number of para-hydroxylation sites is 1. The van der Waals surface area contributed by atoms with Crippen LogP contribution in [0.1, 0.15) is 0 Å². The first kappa shape index (κ1) is 19.2. The van der Waals surface area contributed by atoms with Crippen molar-refractivity contribution in [3.63, 3.8) is 0 Å². The van der Waals surface area contributed by atoms with Crippen molar-refractivity contribution in [2.75, 3.05) is 15.4 Å². The Balaban J connectivity index is 1.65. The van der Waals surface area contributed by atoms with Gasteiger partial charge in [0, 0.05) is 22.1 Å². The maximum atomic E-state index is 12.5. The molecule has 8 heteroatoms. The van der Waals surface area contributed by atoms with E-state index in [-0.39, 0.29) is 4.90 Å². The lowest BCUT2D eigenvalue weighted by atomic mass is 10.3. The third-order valence-electron chi connectivity index (χ3n) is 3.55. The van der Waals surface area contributed by atoms with Crippen LogP contribution in [0.5, 0.6) is 0 Å². The minimum absolute atomic E-state index is 0.143. The molecule has 0 unspecified atom stereocenters. The normalized spacial score (nSPS) is 10.9. The van der Waals surface area contributed by atoms with Gasteiger partial charge in [0.1, 0.15) is 0 Å². The predicted molar refractivity (Wildman–Crippen MR) is 115 cm³/mol. The summed E-state index contributed by atoms with van der Waals surface area (Å²) in [5.41, 5.74) is 1.98. The van der Waals surface area contributed by atoms with Crippen LogP contribution in [0.25, 0.3) is 0 Å². The summed E-state index contributed by atoms with van der Waals surface area (Å²) < 4.78 is 27.4. The lowest BCUT2D eigenvalue weighted by Gasteiger charge is -2.12.